The molecule has 0 fully saturated rings. The van der Waals surface area contributed by atoms with E-state index >= 15 is 0 Å². The van der Waals surface area contributed by atoms with Crippen molar-refractivity contribution >= 4 is 5.97 Å². The predicted molar refractivity (Wildman–Crippen MR) is 57.9 cm³/mol. The van der Waals surface area contributed by atoms with Gasteiger partial charge in [0, 0.05) is 5.54 Å². The van der Waals surface area contributed by atoms with Crippen molar-refractivity contribution in [2.75, 3.05) is 6.61 Å². The van der Waals surface area contributed by atoms with E-state index in [4.69, 9.17) is 10.5 Å². The van der Waals surface area contributed by atoms with Gasteiger partial charge in [-0.2, -0.15) is 0 Å². The van der Waals surface area contributed by atoms with Crippen molar-refractivity contribution in [3.8, 4) is 0 Å². The largest absolute Gasteiger partial charge is 0.466 e. The monoisotopic (exact) mass is 201 g/mol. The van der Waals surface area contributed by atoms with E-state index in [1.807, 2.05) is 34.6 Å². The third kappa shape index (κ3) is 6.89. The maximum absolute atomic E-state index is 11.3. The normalized spacial score (nSPS) is 12.7. The molecule has 0 saturated heterocycles. The molecule has 0 aromatic carbocycles. The minimum atomic E-state index is -0.240. The van der Waals surface area contributed by atoms with E-state index in [-0.39, 0.29) is 16.9 Å². The molecular weight excluding hydrogens is 178 g/mol. The van der Waals surface area contributed by atoms with Crippen LogP contribution in [0.4, 0.5) is 0 Å². The fourth-order valence-electron chi connectivity index (χ4n) is 1.90. The number of hydrogen-bond donors (Lipinski definition) is 1. The van der Waals surface area contributed by atoms with Crippen molar-refractivity contribution in [2.24, 2.45) is 11.1 Å². The third-order valence-corrected chi connectivity index (χ3v) is 1.86. The lowest BCUT2D eigenvalue weighted by Gasteiger charge is -2.31. The van der Waals surface area contributed by atoms with E-state index in [2.05, 4.69) is 0 Å². The molecule has 0 aliphatic heterocycles. The number of ether oxygens (including phenoxy) is 1. The van der Waals surface area contributed by atoms with Crippen molar-refractivity contribution in [3.05, 3.63) is 0 Å². The minimum Gasteiger partial charge on any atom is -0.466 e. The fourth-order valence-corrected chi connectivity index (χ4v) is 1.90. The molecule has 0 atom stereocenters. The summed E-state index contributed by atoms with van der Waals surface area (Å²) < 4.78 is 4.91. The molecule has 0 unspecified atom stereocenters. The second-order valence-corrected chi connectivity index (χ2v) is 5.31. The van der Waals surface area contributed by atoms with Gasteiger partial charge in [-0.05, 0) is 32.6 Å². The number of hydrogen-bond acceptors (Lipinski definition) is 3. The standard InChI is InChI=1S/C11H23NO2/c1-6-14-9(13)7-10(2,3)8-11(4,5)12/h6-8,12H2,1-5H3. The summed E-state index contributed by atoms with van der Waals surface area (Å²) in [6.45, 7) is 10.3. The molecule has 0 aromatic heterocycles. The van der Waals surface area contributed by atoms with Gasteiger partial charge in [-0.25, -0.2) is 0 Å². The zero-order chi connectivity index (χ0) is 11.4. The van der Waals surface area contributed by atoms with E-state index in [1.54, 1.807) is 0 Å². The molecule has 0 radical (unpaired) electrons. The highest BCUT2D eigenvalue weighted by Gasteiger charge is 2.28. The summed E-state index contributed by atoms with van der Waals surface area (Å²) in [5.74, 6) is -0.137. The maximum Gasteiger partial charge on any atom is 0.306 e. The Balaban J connectivity index is 4.13. The molecule has 0 heterocycles. The van der Waals surface area contributed by atoms with Crippen LogP contribution in [0.5, 0.6) is 0 Å². The van der Waals surface area contributed by atoms with Crippen LogP contribution in [-0.4, -0.2) is 18.1 Å². The number of carbonyl (C=O) groups is 1. The molecule has 3 heteroatoms. The highest BCUT2D eigenvalue weighted by Crippen LogP contribution is 2.30. The van der Waals surface area contributed by atoms with Gasteiger partial charge < -0.3 is 10.5 Å². The first kappa shape index (κ1) is 13.4. The molecule has 3 nitrogen and oxygen atoms in total. The predicted octanol–water partition coefficient (Wildman–Crippen LogP) is 2.09. The summed E-state index contributed by atoms with van der Waals surface area (Å²) in [6.07, 6.45) is 1.24. The van der Waals surface area contributed by atoms with Crippen molar-refractivity contribution in [1.29, 1.82) is 0 Å². The molecule has 0 spiro atoms. The van der Waals surface area contributed by atoms with Crippen LogP contribution in [0, 0.1) is 5.41 Å². The first-order chi connectivity index (χ1) is 6.16. The molecule has 14 heavy (non-hydrogen) atoms. The summed E-state index contributed by atoms with van der Waals surface area (Å²) in [5, 5.41) is 0. The second-order valence-electron chi connectivity index (χ2n) is 5.31. The van der Waals surface area contributed by atoms with Crippen LogP contribution in [0.1, 0.15) is 47.5 Å². The van der Waals surface area contributed by atoms with Crippen LogP contribution >= 0.6 is 0 Å². The number of carbonyl (C=O) groups excluding carboxylic acids is 1. The van der Waals surface area contributed by atoms with Crippen molar-refractivity contribution < 1.29 is 9.53 Å². The van der Waals surface area contributed by atoms with Gasteiger partial charge in [0.25, 0.3) is 0 Å². The smallest absolute Gasteiger partial charge is 0.306 e. The molecule has 0 bridgehead atoms. The van der Waals surface area contributed by atoms with Crippen LogP contribution in [0.3, 0.4) is 0 Å². The Morgan fingerprint density at radius 1 is 1.29 bits per heavy atom. The Hall–Kier alpha value is -0.570. The van der Waals surface area contributed by atoms with Crippen LogP contribution < -0.4 is 5.73 Å². The molecule has 0 saturated carbocycles. The van der Waals surface area contributed by atoms with E-state index in [0.717, 1.165) is 6.42 Å². The second kappa shape index (κ2) is 4.78. The van der Waals surface area contributed by atoms with Crippen LogP contribution in [0.2, 0.25) is 0 Å². The van der Waals surface area contributed by atoms with Gasteiger partial charge >= 0.3 is 5.97 Å². The van der Waals surface area contributed by atoms with Gasteiger partial charge in [-0.15, -0.1) is 0 Å². The molecule has 84 valence electrons. The lowest BCUT2D eigenvalue weighted by atomic mass is 9.78. The number of rotatable bonds is 5. The van der Waals surface area contributed by atoms with E-state index in [1.165, 1.54) is 0 Å². The zero-order valence-corrected chi connectivity index (χ0v) is 10.0. The zero-order valence-electron chi connectivity index (χ0n) is 10.0. The van der Waals surface area contributed by atoms with Crippen LogP contribution in [0.15, 0.2) is 0 Å². The van der Waals surface area contributed by atoms with Gasteiger partial charge in [0.2, 0.25) is 0 Å². The molecular formula is C11H23NO2. The first-order valence-electron chi connectivity index (χ1n) is 5.11. The summed E-state index contributed by atoms with van der Waals surface area (Å²) in [7, 11) is 0. The van der Waals surface area contributed by atoms with E-state index < -0.39 is 0 Å². The van der Waals surface area contributed by atoms with Gasteiger partial charge in [0.1, 0.15) is 0 Å². The van der Waals surface area contributed by atoms with E-state index in [0.29, 0.717) is 13.0 Å². The lowest BCUT2D eigenvalue weighted by Crippen LogP contribution is -2.38. The quantitative estimate of drug-likeness (QED) is 0.693. The SMILES string of the molecule is CCOC(=O)CC(C)(C)CC(C)(C)N. The lowest BCUT2D eigenvalue weighted by molar-refractivity contribution is -0.145. The number of nitrogens with two attached hydrogens (primary N) is 1. The van der Waals surface area contributed by atoms with Crippen LogP contribution in [-0.2, 0) is 9.53 Å². The molecule has 0 aliphatic rings. The highest BCUT2D eigenvalue weighted by molar-refractivity contribution is 5.70. The summed E-state index contributed by atoms with van der Waals surface area (Å²) in [5.41, 5.74) is 5.59. The summed E-state index contributed by atoms with van der Waals surface area (Å²) >= 11 is 0. The topological polar surface area (TPSA) is 52.3 Å². The van der Waals surface area contributed by atoms with Gasteiger partial charge in [0.05, 0.1) is 13.0 Å². The minimum absolute atomic E-state index is 0.0928. The maximum atomic E-state index is 11.3. The van der Waals surface area contributed by atoms with Crippen molar-refractivity contribution in [2.45, 2.75) is 53.0 Å². The molecule has 2 N–H and O–H groups in total. The van der Waals surface area contributed by atoms with E-state index in [9.17, 15) is 4.79 Å². The average Bonchev–Trinajstić information content (AvgIpc) is 1.78. The summed E-state index contributed by atoms with van der Waals surface area (Å²) in [6, 6.07) is 0. The average molecular weight is 201 g/mol. The van der Waals surface area contributed by atoms with Gasteiger partial charge in [-0.3, -0.25) is 4.79 Å². The highest BCUT2D eigenvalue weighted by atomic mass is 16.5. The Morgan fingerprint density at radius 2 is 1.79 bits per heavy atom. The Kier molecular flexibility index (Phi) is 4.59. The Morgan fingerprint density at radius 3 is 2.14 bits per heavy atom. The van der Waals surface area contributed by atoms with Crippen molar-refractivity contribution in [1.82, 2.24) is 0 Å². The number of esters is 1. The van der Waals surface area contributed by atoms with Gasteiger partial charge in [-0.1, -0.05) is 13.8 Å². The Bertz CT molecular complexity index is 192. The van der Waals surface area contributed by atoms with Gasteiger partial charge in [0.15, 0.2) is 0 Å². The molecule has 0 aliphatic carbocycles. The first-order valence-corrected chi connectivity index (χ1v) is 5.11. The summed E-state index contributed by atoms with van der Waals surface area (Å²) in [4.78, 5) is 11.3. The molecule has 0 aromatic rings. The Labute approximate surface area is 87.0 Å². The third-order valence-electron chi connectivity index (χ3n) is 1.86. The fraction of sp³-hybridized carbons (Fsp3) is 0.909. The molecule has 0 rings (SSSR count). The van der Waals surface area contributed by atoms with Crippen LogP contribution in [0.25, 0.3) is 0 Å². The molecule has 0 amide bonds. The van der Waals surface area contributed by atoms with Crippen molar-refractivity contribution in [3.63, 3.8) is 0 Å².